The minimum absolute atomic E-state index is 0.175. The second-order valence-corrected chi connectivity index (χ2v) is 4.82. The predicted octanol–water partition coefficient (Wildman–Crippen LogP) is 1.75. The molecule has 0 unspecified atom stereocenters. The number of hydrogen-bond acceptors (Lipinski definition) is 3. The van der Waals surface area contributed by atoms with Crippen molar-refractivity contribution in [1.29, 1.82) is 0 Å². The van der Waals surface area contributed by atoms with E-state index in [0.717, 1.165) is 38.5 Å². The third kappa shape index (κ3) is 3.70. The molecule has 0 spiro atoms. The maximum atomic E-state index is 11.3. The van der Waals surface area contributed by atoms with E-state index in [1.165, 1.54) is 5.56 Å². The molecule has 1 aromatic carbocycles. The molecule has 0 atom stereocenters. The number of piperazine rings is 1. The average molecular weight is 262 g/mol. The van der Waals surface area contributed by atoms with E-state index >= 15 is 0 Å². The van der Waals surface area contributed by atoms with Gasteiger partial charge >= 0.3 is 0 Å². The Labute approximate surface area is 115 Å². The highest BCUT2D eigenvalue weighted by Gasteiger charge is 2.19. The third-order valence-electron chi connectivity index (χ3n) is 3.48. The number of nitrogens with zero attached hydrogens (tertiary/aromatic N) is 2. The molecule has 1 saturated heterocycles. The lowest BCUT2D eigenvalue weighted by molar-refractivity contribution is -0.130. The zero-order chi connectivity index (χ0) is 13.7. The predicted molar refractivity (Wildman–Crippen MR) is 75.1 cm³/mol. The SMILES string of the molecule is CCOc1ccccc1CN1CCN(C(C)=O)CC1. The van der Waals surface area contributed by atoms with E-state index < -0.39 is 0 Å². The summed E-state index contributed by atoms with van der Waals surface area (Å²) in [5, 5.41) is 0. The topological polar surface area (TPSA) is 32.8 Å². The molecule has 2 rings (SSSR count). The van der Waals surface area contributed by atoms with Gasteiger partial charge in [-0.2, -0.15) is 0 Å². The molecule has 0 saturated carbocycles. The molecule has 1 aromatic rings. The molecule has 1 aliphatic rings. The van der Waals surface area contributed by atoms with Gasteiger partial charge < -0.3 is 9.64 Å². The lowest BCUT2D eigenvalue weighted by Gasteiger charge is -2.34. The Morgan fingerprint density at radius 3 is 2.53 bits per heavy atom. The summed E-state index contributed by atoms with van der Waals surface area (Å²) in [6.45, 7) is 8.73. The fourth-order valence-electron chi connectivity index (χ4n) is 2.39. The summed E-state index contributed by atoms with van der Waals surface area (Å²) < 4.78 is 5.65. The van der Waals surface area contributed by atoms with Gasteiger partial charge in [0.2, 0.25) is 5.91 Å². The zero-order valence-electron chi connectivity index (χ0n) is 11.8. The first kappa shape index (κ1) is 13.9. The van der Waals surface area contributed by atoms with Crippen LogP contribution < -0.4 is 4.74 Å². The summed E-state index contributed by atoms with van der Waals surface area (Å²) in [7, 11) is 0. The number of hydrogen-bond donors (Lipinski definition) is 0. The molecule has 0 aromatic heterocycles. The van der Waals surface area contributed by atoms with Crippen LogP contribution in [0.3, 0.4) is 0 Å². The second kappa shape index (κ2) is 6.57. The van der Waals surface area contributed by atoms with Crippen LogP contribution in [0.25, 0.3) is 0 Å². The van der Waals surface area contributed by atoms with Crippen molar-refractivity contribution in [3.05, 3.63) is 29.8 Å². The monoisotopic (exact) mass is 262 g/mol. The zero-order valence-corrected chi connectivity index (χ0v) is 11.8. The van der Waals surface area contributed by atoms with E-state index in [0.29, 0.717) is 6.61 Å². The van der Waals surface area contributed by atoms with Crippen molar-refractivity contribution in [1.82, 2.24) is 9.80 Å². The Balaban J connectivity index is 1.93. The molecule has 4 heteroatoms. The van der Waals surface area contributed by atoms with Crippen molar-refractivity contribution in [3.63, 3.8) is 0 Å². The maximum absolute atomic E-state index is 11.3. The normalized spacial score (nSPS) is 16.4. The van der Waals surface area contributed by atoms with Gasteiger partial charge in [-0.3, -0.25) is 9.69 Å². The smallest absolute Gasteiger partial charge is 0.219 e. The van der Waals surface area contributed by atoms with Gasteiger partial charge in [-0.05, 0) is 13.0 Å². The van der Waals surface area contributed by atoms with Gasteiger partial charge in [0.05, 0.1) is 6.61 Å². The van der Waals surface area contributed by atoms with Gasteiger partial charge in [0.25, 0.3) is 0 Å². The molecule has 1 amide bonds. The van der Waals surface area contributed by atoms with Crippen LogP contribution in [0, 0.1) is 0 Å². The highest BCUT2D eigenvalue weighted by atomic mass is 16.5. The lowest BCUT2D eigenvalue weighted by Crippen LogP contribution is -2.47. The second-order valence-electron chi connectivity index (χ2n) is 4.82. The van der Waals surface area contributed by atoms with Crippen LogP contribution in [-0.4, -0.2) is 48.5 Å². The van der Waals surface area contributed by atoms with Gasteiger partial charge in [0.1, 0.15) is 5.75 Å². The van der Waals surface area contributed by atoms with E-state index in [4.69, 9.17) is 4.74 Å². The Bertz CT molecular complexity index is 426. The number of benzene rings is 1. The van der Waals surface area contributed by atoms with Crippen molar-refractivity contribution in [2.45, 2.75) is 20.4 Å². The van der Waals surface area contributed by atoms with E-state index in [1.807, 2.05) is 30.0 Å². The summed E-state index contributed by atoms with van der Waals surface area (Å²) in [6, 6.07) is 8.18. The number of carbonyl (C=O) groups is 1. The number of carbonyl (C=O) groups excluding carboxylic acids is 1. The van der Waals surface area contributed by atoms with Crippen LogP contribution in [0.15, 0.2) is 24.3 Å². The Morgan fingerprint density at radius 2 is 1.89 bits per heavy atom. The molecule has 104 valence electrons. The van der Waals surface area contributed by atoms with E-state index in [1.54, 1.807) is 6.92 Å². The summed E-state index contributed by atoms with van der Waals surface area (Å²) in [6.07, 6.45) is 0. The van der Waals surface area contributed by atoms with E-state index in [2.05, 4.69) is 11.0 Å². The first-order chi connectivity index (χ1) is 9.20. The number of para-hydroxylation sites is 1. The maximum Gasteiger partial charge on any atom is 0.219 e. The fourth-order valence-corrected chi connectivity index (χ4v) is 2.39. The first-order valence-corrected chi connectivity index (χ1v) is 6.89. The third-order valence-corrected chi connectivity index (χ3v) is 3.48. The first-order valence-electron chi connectivity index (χ1n) is 6.89. The molecule has 0 radical (unpaired) electrons. The van der Waals surface area contributed by atoms with Crippen molar-refractivity contribution >= 4 is 5.91 Å². The molecule has 1 aliphatic heterocycles. The van der Waals surface area contributed by atoms with E-state index in [9.17, 15) is 4.79 Å². The van der Waals surface area contributed by atoms with Crippen molar-refractivity contribution in [2.24, 2.45) is 0 Å². The Hall–Kier alpha value is -1.55. The molecule has 4 nitrogen and oxygen atoms in total. The van der Waals surface area contributed by atoms with Gasteiger partial charge in [-0.15, -0.1) is 0 Å². The number of ether oxygens (including phenoxy) is 1. The van der Waals surface area contributed by atoms with Crippen molar-refractivity contribution < 1.29 is 9.53 Å². The summed E-state index contributed by atoms with van der Waals surface area (Å²) in [5.41, 5.74) is 1.22. The highest BCUT2D eigenvalue weighted by Crippen LogP contribution is 2.20. The lowest BCUT2D eigenvalue weighted by atomic mass is 10.1. The van der Waals surface area contributed by atoms with E-state index in [-0.39, 0.29) is 5.91 Å². The molecule has 0 bridgehead atoms. The molecule has 1 fully saturated rings. The van der Waals surface area contributed by atoms with Crippen LogP contribution in [0.1, 0.15) is 19.4 Å². The summed E-state index contributed by atoms with van der Waals surface area (Å²) in [4.78, 5) is 15.6. The average Bonchev–Trinajstić information content (AvgIpc) is 2.42. The van der Waals surface area contributed by atoms with Crippen molar-refractivity contribution in [3.8, 4) is 5.75 Å². The van der Waals surface area contributed by atoms with Gasteiger partial charge in [0, 0.05) is 45.2 Å². The van der Waals surface area contributed by atoms with Crippen molar-refractivity contribution in [2.75, 3.05) is 32.8 Å². The minimum atomic E-state index is 0.175. The summed E-state index contributed by atoms with van der Waals surface area (Å²) in [5.74, 6) is 1.15. The quantitative estimate of drug-likeness (QED) is 0.828. The van der Waals surface area contributed by atoms with Crippen LogP contribution in [-0.2, 0) is 11.3 Å². The Morgan fingerprint density at radius 1 is 1.21 bits per heavy atom. The number of rotatable bonds is 4. The fraction of sp³-hybridized carbons (Fsp3) is 0.533. The van der Waals surface area contributed by atoms with Gasteiger partial charge in [0.15, 0.2) is 0 Å². The molecule has 1 heterocycles. The van der Waals surface area contributed by atoms with Crippen LogP contribution in [0.5, 0.6) is 5.75 Å². The minimum Gasteiger partial charge on any atom is -0.494 e. The number of amides is 1. The Kier molecular flexibility index (Phi) is 4.80. The molecule has 0 aliphatic carbocycles. The highest BCUT2D eigenvalue weighted by molar-refractivity contribution is 5.73. The molecule has 0 N–H and O–H groups in total. The summed E-state index contributed by atoms with van der Waals surface area (Å²) >= 11 is 0. The molecule has 19 heavy (non-hydrogen) atoms. The molecular weight excluding hydrogens is 240 g/mol. The standard InChI is InChI=1S/C15H22N2O2/c1-3-19-15-7-5-4-6-14(15)12-16-8-10-17(11-9-16)13(2)18/h4-7H,3,8-12H2,1-2H3. The van der Waals surface area contributed by atoms with Crippen LogP contribution in [0.2, 0.25) is 0 Å². The van der Waals surface area contributed by atoms with Gasteiger partial charge in [-0.25, -0.2) is 0 Å². The van der Waals surface area contributed by atoms with Crippen LogP contribution in [0.4, 0.5) is 0 Å². The molecular formula is C15H22N2O2. The van der Waals surface area contributed by atoms with Gasteiger partial charge in [-0.1, -0.05) is 18.2 Å². The van der Waals surface area contributed by atoms with Crippen LogP contribution >= 0.6 is 0 Å². The largest absolute Gasteiger partial charge is 0.494 e.